The van der Waals surface area contributed by atoms with Crippen molar-refractivity contribution in [1.82, 2.24) is 24.5 Å². The molecule has 0 amide bonds. The van der Waals surface area contributed by atoms with E-state index in [0.717, 1.165) is 66.7 Å². The van der Waals surface area contributed by atoms with E-state index < -0.39 is 0 Å². The Kier molecular flexibility index (Phi) is 6.62. The van der Waals surface area contributed by atoms with Crippen LogP contribution in [0.3, 0.4) is 0 Å². The second-order valence-electron chi connectivity index (χ2n) is 13.0. The molecule has 0 aliphatic carbocycles. The van der Waals surface area contributed by atoms with Crippen LogP contribution in [-0.4, -0.2) is 24.5 Å². The quantitative estimate of drug-likeness (QED) is 0.179. The molecule has 0 bridgehead atoms. The van der Waals surface area contributed by atoms with Crippen LogP contribution in [-0.2, 0) is 0 Å². The van der Waals surface area contributed by atoms with Crippen molar-refractivity contribution in [2.45, 2.75) is 0 Å². The fraction of sp³-hybridized carbons (Fsp3) is 0. The number of rotatable bonds is 5. The van der Waals surface area contributed by atoms with Crippen molar-refractivity contribution in [3.8, 4) is 51.2 Å². The molecule has 0 atom stereocenters. The number of aromatic nitrogens is 5. The maximum Gasteiger partial charge on any atom is 0.164 e. The van der Waals surface area contributed by atoms with Gasteiger partial charge in [0.15, 0.2) is 17.5 Å². The van der Waals surface area contributed by atoms with Crippen molar-refractivity contribution >= 4 is 64.5 Å². The van der Waals surface area contributed by atoms with E-state index in [2.05, 4.69) is 102 Å². The zero-order chi connectivity index (χ0) is 34.9. The third-order valence-corrected chi connectivity index (χ3v) is 11.0. The van der Waals surface area contributed by atoms with Crippen molar-refractivity contribution in [3.63, 3.8) is 0 Å². The van der Waals surface area contributed by atoms with Gasteiger partial charge in [-0.25, -0.2) is 19.9 Å². The lowest BCUT2D eigenvalue weighted by molar-refractivity contribution is 0.669. The van der Waals surface area contributed by atoms with E-state index >= 15 is 0 Å². The Morgan fingerprint density at radius 1 is 0.453 bits per heavy atom. The van der Waals surface area contributed by atoms with Crippen molar-refractivity contribution < 1.29 is 4.42 Å². The van der Waals surface area contributed by atoms with Gasteiger partial charge in [0.05, 0.1) is 11.0 Å². The lowest BCUT2D eigenvalue weighted by Gasteiger charge is -2.11. The molecule has 0 radical (unpaired) electrons. The number of nitrogens with zero attached hydrogens (tertiary/aromatic N) is 5. The van der Waals surface area contributed by atoms with Crippen molar-refractivity contribution in [1.29, 1.82) is 0 Å². The van der Waals surface area contributed by atoms with E-state index in [-0.39, 0.29) is 0 Å². The van der Waals surface area contributed by atoms with Gasteiger partial charge in [0.1, 0.15) is 17.0 Å². The highest BCUT2D eigenvalue weighted by Gasteiger charge is 2.23. The number of para-hydroxylation sites is 3. The summed E-state index contributed by atoms with van der Waals surface area (Å²) in [5.41, 5.74) is 8.18. The molecule has 0 saturated carbocycles. The summed E-state index contributed by atoms with van der Waals surface area (Å²) in [6.45, 7) is 0. The Balaban J connectivity index is 1.17. The van der Waals surface area contributed by atoms with Gasteiger partial charge < -0.3 is 4.42 Å². The van der Waals surface area contributed by atoms with Gasteiger partial charge >= 0.3 is 0 Å². The summed E-state index contributed by atoms with van der Waals surface area (Å²) >= 11 is 1.78. The minimum Gasteiger partial charge on any atom is -0.456 e. The van der Waals surface area contributed by atoms with Crippen LogP contribution in [0, 0.1) is 0 Å². The topological polar surface area (TPSA) is 69.6 Å². The van der Waals surface area contributed by atoms with Gasteiger partial charge in [-0.1, -0.05) is 115 Å². The van der Waals surface area contributed by atoms with Crippen LogP contribution in [0.4, 0.5) is 0 Å². The summed E-state index contributed by atoms with van der Waals surface area (Å²) in [5.74, 6) is 2.63. The van der Waals surface area contributed by atoms with Crippen LogP contribution in [0.25, 0.3) is 104 Å². The summed E-state index contributed by atoms with van der Waals surface area (Å²) in [7, 11) is 0. The van der Waals surface area contributed by atoms with Crippen molar-refractivity contribution in [2.24, 2.45) is 0 Å². The summed E-state index contributed by atoms with van der Waals surface area (Å²) in [5, 5.41) is 4.38. The average molecular weight is 698 g/mol. The van der Waals surface area contributed by atoms with Gasteiger partial charge in [0, 0.05) is 58.9 Å². The molecule has 0 aliphatic heterocycles. The zero-order valence-corrected chi connectivity index (χ0v) is 29.0. The predicted octanol–water partition coefficient (Wildman–Crippen LogP) is 12.1. The van der Waals surface area contributed by atoms with Crippen LogP contribution in [0.5, 0.6) is 0 Å². The summed E-state index contributed by atoms with van der Waals surface area (Å²) in [6.07, 6.45) is 0. The zero-order valence-electron chi connectivity index (χ0n) is 28.1. The number of hydrogen-bond donors (Lipinski definition) is 0. The minimum absolute atomic E-state index is 0.574. The van der Waals surface area contributed by atoms with E-state index in [9.17, 15) is 0 Å². The molecule has 11 aromatic rings. The number of furan rings is 1. The minimum atomic E-state index is 0.574. The standard InChI is InChI=1S/C46H27N5OS/c1-3-13-28(14-4-1)43-48-44(29-25-26-32-31-17-7-10-24-39(31)53-40(32)27-29)50-45(49-43)33-18-11-22-37-41(33)42-34(19-12-23-38(42)52-37)46-47-35-20-8-9-21-36(35)51(46)30-15-5-2-6-16-30/h1-27H. The highest BCUT2D eigenvalue weighted by molar-refractivity contribution is 7.25. The molecule has 248 valence electrons. The van der Waals surface area contributed by atoms with Gasteiger partial charge in [0.2, 0.25) is 0 Å². The molecule has 7 aromatic carbocycles. The number of hydrogen-bond acceptors (Lipinski definition) is 6. The molecule has 4 aromatic heterocycles. The highest BCUT2D eigenvalue weighted by atomic mass is 32.1. The molecule has 0 spiro atoms. The van der Waals surface area contributed by atoms with Gasteiger partial charge in [-0.3, -0.25) is 4.57 Å². The first-order valence-electron chi connectivity index (χ1n) is 17.5. The average Bonchev–Trinajstić information content (AvgIpc) is 3.92. The number of imidazole rings is 1. The Labute approximate surface area is 307 Å². The number of benzene rings is 7. The predicted molar refractivity (Wildman–Crippen MR) is 216 cm³/mol. The Morgan fingerprint density at radius 2 is 1.09 bits per heavy atom. The summed E-state index contributed by atoms with van der Waals surface area (Å²) < 4.78 is 11.3. The normalized spacial score (nSPS) is 11.8. The smallest absolute Gasteiger partial charge is 0.164 e. The number of thiophene rings is 1. The molecular formula is C46H27N5OS. The molecule has 0 fully saturated rings. The largest absolute Gasteiger partial charge is 0.456 e. The van der Waals surface area contributed by atoms with Crippen LogP contribution in [0.2, 0.25) is 0 Å². The first-order chi connectivity index (χ1) is 26.3. The number of fused-ring (bicyclic) bond motifs is 7. The fourth-order valence-corrected chi connectivity index (χ4v) is 8.64. The lowest BCUT2D eigenvalue weighted by atomic mass is 10.0. The van der Waals surface area contributed by atoms with E-state index in [0.29, 0.717) is 17.5 Å². The molecule has 0 unspecified atom stereocenters. The maximum atomic E-state index is 6.60. The third kappa shape index (κ3) is 4.79. The van der Waals surface area contributed by atoms with Crippen LogP contribution in [0.1, 0.15) is 0 Å². The van der Waals surface area contributed by atoms with E-state index in [4.69, 9.17) is 24.4 Å². The first-order valence-corrected chi connectivity index (χ1v) is 18.3. The maximum absolute atomic E-state index is 6.60. The molecule has 11 rings (SSSR count). The van der Waals surface area contributed by atoms with E-state index in [1.165, 1.54) is 20.2 Å². The van der Waals surface area contributed by atoms with E-state index in [1.54, 1.807) is 11.3 Å². The van der Waals surface area contributed by atoms with E-state index in [1.807, 2.05) is 66.7 Å². The summed E-state index contributed by atoms with van der Waals surface area (Å²) in [4.78, 5) is 20.7. The van der Waals surface area contributed by atoms with Gasteiger partial charge in [-0.2, -0.15) is 0 Å². The second-order valence-corrected chi connectivity index (χ2v) is 14.1. The molecular weight excluding hydrogens is 671 g/mol. The lowest BCUT2D eigenvalue weighted by Crippen LogP contribution is -2.00. The SMILES string of the molecule is c1ccc(-c2nc(-c3ccc4c(c3)sc3ccccc34)nc(-c3cccc4oc5cccc(-c6nc7ccccc7n6-c6ccccc6)c5c34)n2)cc1. The van der Waals surface area contributed by atoms with Crippen LogP contribution < -0.4 is 0 Å². The molecule has 0 N–H and O–H groups in total. The molecule has 7 heteroatoms. The third-order valence-electron chi connectivity index (χ3n) is 9.88. The fourth-order valence-electron chi connectivity index (χ4n) is 7.49. The van der Waals surface area contributed by atoms with Gasteiger partial charge in [-0.05, 0) is 48.5 Å². The Hall–Kier alpha value is -6.96. The monoisotopic (exact) mass is 697 g/mol. The molecule has 6 nitrogen and oxygen atoms in total. The summed E-state index contributed by atoms with van der Waals surface area (Å²) in [6, 6.07) is 56.1. The van der Waals surface area contributed by atoms with Crippen LogP contribution in [0.15, 0.2) is 168 Å². The van der Waals surface area contributed by atoms with Crippen LogP contribution >= 0.6 is 11.3 Å². The van der Waals surface area contributed by atoms with Gasteiger partial charge in [-0.15, -0.1) is 11.3 Å². The Bertz CT molecular complexity index is 3180. The second kappa shape index (κ2) is 11.8. The highest BCUT2D eigenvalue weighted by Crippen LogP contribution is 2.43. The van der Waals surface area contributed by atoms with Crippen molar-refractivity contribution in [3.05, 3.63) is 164 Å². The molecule has 0 aliphatic rings. The first kappa shape index (κ1) is 29.7. The van der Waals surface area contributed by atoms with Gasteiger partial charge in [0.25, 0.3) is 0 Å². The Morgan fingerprint density at radius 3 is 1.92 bits per heavy atom. The molecule has 4 heterocycles. The van der Waals surface area contributed by atoms with Crippen molar-refractivity contribution in [2.75, 3.05) is 0 Å². The molecule has 0 saturated heterocycles. The molecule has 53 heavy (non-hydrogen) atoms.